The molecule has 74 valence electrons. The Morgan fingerprint density at radius 2 is 1.86 bits per heavy atom. The predicted molar refractivity (Wildman–Crippen MR) is 59.7 cm³/mol. The molecule has 0 N–H and O–H groups in total. The van der Waals surface area contributed by atoms with Gasteiger partial charge < -0.3 is 4.74 Å². The molecule has 0 aromatic heterocycles. The summed E-state index contributed by atoms with van der Waals surface area (Å²) >= 11 is 0. The van der Waals surface area contributed by atoms with Gasteiger partial charge in [-0.2, -0.15) is 0 Å². The molecule has 0 unspecified atom stereocenters. The number of benzene rings is 1. The number of hydrogen-bond acceptors (Lipinski definition) is 1. The fraction of sp³-hybridized carbons (Fsp3) is 0.385. The van der Waals surface area contributed by atoms with E-state index in [0.717, 1.165) is 5.75 Å². The number of ether oxygens (including phenoxy) is 1. The van der Waals surface area contributed by atoms with E-state index in [1.54, 1.807) is 0 Å². The van der Waals surface area contributed by atoms with Gasteiger partial charge in [-0.3, -0.25) is 0 Å². The molecule has 1 aromatic rings. The zero-order valence-electron chi connectivity index (χ0n) is 9.22. The normalized spacial score (nSPS) is 17.4. The fourth-order valence-electron chi connectivity index (χ4n) is 1.84. The maximum absolute atomic E-state index is 5.89. The lowest BCUT2D eigenvalue weighted by Gasteiger charge is -2.28. The highest BCUT2D eigenvalue weighted by Gasteiger charge is 2.22. The lowest BCUT2D eigenvalue weighted by atomic mass is 9.98. The van der Waals surface area contributed by atoms with Crippen LogP contribution < -0.4 is 4.74 Å². The predicted octanol–water partition coefficient (Wildman–Crippen LogP) is 3.49. The summed E-state index contributed by atoms with van der Waals surface area (Å²) in [6.45, 7) is 8.37. The van der Waals surface area contributed by atoms with Crippen LogP contribution in [0.25, 0.3) is 6.08 Å². The van der Waals surface area contributed by atoms with Gasteiger partial charge in [-0.25, -0.2) is 0 Å². The van der Waals surface area contributed by atoms with Crippen molar-refractivity contribution in [1.29, 1.82) is 0 Å². The van der Waals surface area contributed by atoms with Gasteiger partial charge in [0.15, 0.2) is 0 Å². The number of fused-ring (bicyclic) bond motifs is 1. The van der Waals surface area contributed by atoms with Crippen LogP contribution in [0.15, 0.2) is 18.2 Å². The molecule has 14 heavy (non-hydrogen) atoms. The SMILES string of the molecule is Cc1cc(C)c2c(c1)OC(C)(C)C=C2. The Bertz CT molecular complexity index is 400. The smallest absolute Gasteiger partial charge is 0.128 e. The molecule has 0 bridgehead atoms. The summed E-state index contributed by atoms with van der Waals surface area (Å²) in [5, 5.41) is 0. The Morgan fingerprint density at radius 3 is 2.57 bits per heavy atom. The average Bonchev–Trinajstić information content (AvgIpc) is 2.00. The second-order valence-electron chi connectivity index (χ2n) is 4.53. The summed E-state index contributed by atoms with van der Waals surface area (Å²) in [7, 11) is 0. The van der Waals surface area contributed by atoms with Gasteiger partial charge >= 0.3 is 0 Å². The summed E-state index contributed by atoms with van der Waals surface area (Å²) in [5.41, 5.74) is 3.58. The van der Waals surface area contributed by atoms with Gasteiger partial charge in [-0.1, -0.05) is 12.1 Å². The van der Waals surface area contributed by atoms with E-state index in [2.05, 4.69) is 52.0 Å². The first-order chi connectivity index (χ1) is 6.48. The van der Waals surface area contributed by atoms with Crippen molar-refractivity contribution in [2.45, 2.75) is 33.3 Å². The first-order valence-electron chi connectivity index (χ1n) is 4.97. The molecule has 0 spiro atoms. The van der Waals surface area contributed by atoms with Crippen LogP contribution in [0.4, 0.5) is 0 Å². The molecule has 0 aliphatic carbocycles. The first-order valence-corrected chi connectivity index (χ1v) is 4.97. The molecule has 0 saturated carbocycles. The second-order valence-corrected chi connectivity index (χ2v) is 4.53. The van der Waals surface area contributed by atoms with Crippen molar-refractivity contribution >= 4 is 6.08 Å². The third-order valence-corrected chi connectivity index (χ3v) is 2.52. The van der Waals surface area contributed by atoms with Crippen LogP contribution in [-0.4, -0.2) is 5.60 Å². The van der Waals surface area contributed by atoms with Crippen molar-refractivity contribution in [3.8, 4) is 5.75 Å². The van der Waals surface area contributed by atoms with E-state index in [9.17, 15) is 0 Å². The molecule has 1 aliphatic heterocycles. The minimum absolute atomic E-state index is 0.173. The van der Waals surface area contributed by atoms with E-state index in [1.165, 1.54) is 16.7 Å². The zero-order valence-corrected chi connectivity index (χ0v) is 9.22. The van der Waals surface area contributed by atoms with Crippen molar-refractivity contribution < 1.29 is 4.74 Å². The molecule has 1 aromatic carbocycles. The molecule has 1 heteroatoms. The van der Waals surface area contributed by atoms with Crippen molar-refractivity contribution in [3.05, 3.63) is 34.9 Å². The molecule has 1 heterocycles. The monoisotopic (exact) mass is 188 g/mol. The Hall–Kier alpha value is -1.24. The van der Waals surface area contributed by atoms with Crippen LogP contribution in [0.3, 0.4) is 0 Å². The van der Waals surface area contributed by atoms with Gasteiger partial charge in [0.25, 0.3) is 0 Å². The summed E-state index contributed by atoms with van der Waals surface area (Å²) in [5.74, 6) is 1.01. The van der Waals surface area contributed by atoms with Gasteiger partial charge in [0, 0.05) is 5.56 Å². The van der Waals surface area contributed by atoms with E-state index in [-0.39, 0.29) is 5.60 Å². The van der Waals surface area contributed by atoms with Gasteiger partial charge in [0.2, 0.25) is 0 Å². The van der Waals surface area contributed by atoms with E-state index < -0.39 is 0 Å². The molecular formula is C13H16O. The molecule has 2 rings (SSSR count). The molecule has 0 atom stereocenters. The minimum Gasteiger partial charge on any atom is -0.483 e. The fourth-order valence-corrected chi connectivity index (χ4v) is 1.84. The van der Waals surface area contributed by atoms with Crippen molar-refractivity contribution in [2.24, 2.45) is 0 Å². The maximum Gasteiger partial charge on any atom is 0.128 e. The minimum atomic E-state index is -0.173. The van der Waals surface area contributed by atoms with E-state index in [1.807, 2.05) is 0 Å². The highest BCUT2D eigenvalue weighted by molar-refractivity contribution is 5.64. The van der Waals surface area contributed by atoms with Gasteiger partial charge in [-0.15, -0.1) is 0 Å². The molecule has 1 aliphatic rings. The van der Waals surface area contributed by atoms with E-state index in [4.69, 9.17) is 4.74 Å². The Balaban J connectivity index is 2.56. The number of aryl methyl sites for hydroxylation is 2. The van der Waals surface area contributed by atoms with Gasteiger partial charge in [0.1, 0.15) is 11.4 Å². The van der Waals surface area contributed by atoms with Crippen molar-refractivity contribution in [3.63, 3.8) is 0 Å². The quantitative estimate of drug-likeness (QED) is 0.605. The van der Waals surface area contributed by atoms with Crippen LogP contribution in [-0.2, 0) is 0 Å². The van der Waals surface area contributed by atoms with Crippen LogP contribution in [0.1, 0.15) is 30.5 Å². The van der Waals surface area contributed by atoms with Crippen molar-refractivity contribution in [1.82, 2.24) is 0 Å². The van der Waals surface area contributed by atoms with Crippen LogP contribution in [0.2, 0.25) is 0 Å². The third-order valence-electron chi connectivity index (χ3n) is 2.52. The number of rotatable bonds is 0. The highest BCUT2D eigenvalue weighted by atomic mass is 16.5. The first kappa shape index (κ1) is 9.32. The maximum atomic E-state index is 5.89. The highest BCUT2D eigenvalue weighted by Crippen LogP contribution is 2.33. The summed E-state index contributed by atoms with van der Waals surface area (Å²) in [4.78, 5) is 0. The van der Waals surface area contributed by atoms with Crippen molar-refractivity contribution in [2.75, 3.05) is 0 Å². The Morgan fingerprint density at radius 1 is 1.14 bits per heavy atom. The van der Waals surface area contributed by atoms with Crippen LogP contribution in [0, 0.1) is 13.8 Å². The largest absolute Gasteiger partial charge is 0.483 e. The third kappa shape index (κ3) is 1.54. The summed E-state index contributed by atoms with van der Waals surface area (Å²) in [6, 6.07) is 4.29. The lowest BCUT2D eigenvalue weighted by molar-refractivity contribution is 0.159. The molecular weight excluding hydrogens is 172 g/mol. The zero-order chi connectivity index (χ0) is 10.3. The molecule has 1 nitrogen and oxygen atoms in total. The van der Waals surface area contributed by atoms with Crippen LogP contribution >= 0.6 is 0 Å². The Labute approximate surface area is 85.4 Å². The summed E-state index contributed by atoms with van der Waals surface area (Å²) in [6.07, 6.45) is 4.27. The second kappa shape index (κ2) is 2.88. The van der Waals surface area contributed by atoms with E-state index in [0.29, 0.717) is 0 Å². The molecule has 0 radical (unpaired) electrons. The topological polar surface area (TPSA) is 9.23 Å². The lowest BCUT2D eigenvalue weighted by Crippen LogP contribution is -2.27. The van der Waals surface area contributed by atoms with Gasteiger partial charge in [-0.05, 0) is 51.0 Å². The number of hydrogen-bond donors (Lipinski definition) is 0. The molecule has 0 fully saturated rings. The van der Waals surface area contributed by atoms with E-state index >= 15 is 0 Å². The molecule has 0 amide bonds. The van der Waals surface area contributed by atoms with Gasteiger partial charge in [0.05, 0.1) is 0 Å². The Kier molecular flexibility index (Phi) is 1.91. The van der Waals surface area contributed by atoms with Crippen LogP contribution in [0.5, 0.6) is 5.75 Å². The average molecular weight is 188 g/mol. The summed E-state index contributed by atoms with van der Waals surface area (Å²) < 4.78 is 5.89. The standard InChI is InChI=1S/C13H16O/c1-9-7-10(2)11-5-6-13(3,4)14-12(11)8-9/h5-8H,1-4H3. The molecule has 0 saturated heterocycles.